The van der Waals surface area contributed by atoms with Crippen LogP contribution in [0.15, 0.2) is 0 Å². The zero-order valence-electron chi connectivity index (χ0n) is 7.88. The van der Waals surface area contributed by atoms with Crippen LogP contribution < -0.4 is 5.32 Å². The fourth-order valence-electron chi connectivity index (χ4n) is 0.737. The number of hydrogen-bond donors (Lipinski definition) is 2. The Bertz CT molecular complexity index is 315. The number of alkyl halides is 3. The number of nitrogens with one attached hydrogen (secondary N) is 1. The first kappa shape index (κ1) is 12.2. The maximum absolute atomic E-state index is 12.1. The van der Waals surface area contributed by atoms with Gasteiger partial charge in [0.05, 0.1) is 0 Å². The predicted molar refractivity (Wildman–Crippen MR) is 49.7 cm³/mol. The van der Waals surface area contributed by atoms with Gasteiger partial charge in [0.15, 0.2) is 0 Å². The summed E-state index contributed by atoms with van der Waals surface area (Å²) < 4.78 is 39.4. The van der Waals surface area contributed by atoms with Gasteiger partial charge in [0.25, 0.3) is 0 Å². The van der Waals surface area contributed by atoms with Gasteiger partial charge in [-0.15, -0.1) is 0 Å². The van der Waals surface area contributed by atoms with E-state index in [2.05, 4.69) is 14.7 Å². The first-order valence-corrected chi connectivity index (χ1v) is 4.96. The molecule has 0 radical (unpaired) electrons. The summed E-state index contributed by atoms with van der Waals surface area (Å²) in [6.07, 6.45) is -4.50. The van der Waals surface area contributed by atoms with Crippen LogP contribution in [0.3, 0.4) is 0 Å². The van der Waals surface area contributed by atoms with Gasteiger partial charge in [-0.3, -0.25) is 0 Å². The van der Waals surface area contributed by atoms with Crippen molar-refractivity contribution >= 4 is 16.7 Å². The highest BCUT2D eigenvalue weighted by Crippen LogP contribution is 2.28. The van der Waals surface area contributed by atoms with Gasteiger partial charge in [0, 0.05) is 24.7 Å². The molecule has 15 heavy (non-hydrogen) atoms. The highest BCUT2D eigenvalue weighted by Gasteiger charge is 2.36. The Morgan fingerprint density at radius 3 is 2.67 bits per heavy atom. The normalized spacial score (nSPS) is 13.9. The Balaban J connectivity index is 2.54. The van der Waals surface area contributed by atoms with Gasteiger partial charge in [-0.05, 0) is 5.92 Å². The fraction of sp³-hybridized carbons (Fsp3) is 0.714. The number of hydrogen-bond acceptors (Lipinski definition) is 5. The molecule has 0 saturated heterocycles. The average molecular weight is 241 g/mol. The van der Waals surface area contributed by atoms with Crippen LogP contribution in [-0.2, 0) is 6.18 Å². The molecule has 86 valence electrons. The summed E-state index contributed by atoms with van der Waals surface area (Å²) in [6, 6.07) is 0. The quantitative estimate of drug-likeness (QED) is 0.840. The molecule has 0 bridgehead atoms. The molecule has 1 rings (SSSR count). The molecular weight excluding hydrogens is 231 g/mol. The van der Waals surface area contributed by atoms with Gasteiger partial charge in [-0.25, -0.2) is 0 Å². The van der Waals surface area contributed by atoms with Crippen LogP contribution in [-0.4, -0.2) is 27.6 Å². The average Bonchev–Trinajstić information content (AvgIpc) is 2.61. The Hall–Kier alpha value is -0.890. The summed E-state index contributed by atoms with van der Waals surface area (Å²) in [7, 11) is 0. The molecule has 0 amide bonds. The van der Waals surface area contributed by atoms with Crippen molar-refractivity contribution in [3.8, 4) is 0 Å². The molecule has 0 fully saturated rings. The van der Waals surface area contributed by atoms with Crippen molar-refractivity contribution in [2.45, 2.75) is 13.1 Å². The molecule has 0 saturated carbocycles. The zero-order chi connectivity index (χ0) is 11.5. The molecule has 1 aromatic heterocycles. The van der Waals surface area contributed by atoms with Crippen molar-refractivity contribution in [1.29, 1.82) is 0 Å². The third kappa shape index (κ3) is 3.63. The van der Waals surface area contributed by atoms with Gasteiger partial charge < -0.3 is 10.4 Å². The molecule has 8 heteroatoms. The van der Waals surface area contributed by atoms with Crippen LogP contribution in [0, 0.1) is 5.92 Å². The molecule has 4 nitrogen and oxygen atoms in total. The molecule has 0 aliphatic heterocycles. The lowest BCUT2D eigenvalue weighted by atomic mass is 10.2. The molecule has 0 aliphatic carbocycles. The zero-order valence-corrected chi connectivity index (χ0v) is 8.69. The van der Waals surface area contributed by atoms with Crippen LogP contribution in [0.25, 0.3) is 0 Å². The largest absolute Gasteiger partial charge is 0.452 e. The van der Waals surface area contributed by atoms with Gasteiger partial charge in [-0.2, -0.15) is 22.5 Å². The van der Waals surface area contributed by atoms with Crippen molar-refractivity contribution in [2.75, 3.05) is 18.5 Å². The number of aliphatic hydroxyl groups is 1. The van der Waals surface area contributed by atoms with Crippen molar-refractivity contribution in [3.05, 3.63) is 5.82 Å². The van der Waals surface area contributed by atoms with E-state index in [0.29, 0.717) is 18.1 Å². The molecule has 0 aromatic carbocycles. The number of rotatable bonds is 4. The van der Waals surface area contributed by atoms with E-state index in [1.807, 2.05) is 0 Å². The van der Waals surface area contributed by atoms with Crippen molar-refractivity contribution < 1.29 is 18.3 Å². The summed E-state index contributed by atoms with van der Waals surface area (Å²) in [5, 5.41) is 11.5. The second-order valence-corrected chi connectivity index (χ2v) is 3.84. The number of aliphatic hydroxyl groups excluding tert-OH is 1. The highest BCUT2D eigenvalue weighted by molar-refractivity contribution is 7.09. The summed E-state index contributed by atoms with van der Waals surface area (Å²) in [6.45, 7) is 2.10. The van der Waals surface area contributed by atoms with Crippen LogP contribution >= 0.6 is 11.5 Å². The Labute approximate surface area is 88.3 Å². The molecule has 1 atom stereocenters. The number of anilines is 1. The van der Waals surface area contributed by atoms with Crippen molar-refractivity contribution in [3.63, 3.8) is 0 Å². The van der Waals surface area contributed by atoms with E-state index in [9.17, 15) is 13.2 Å². The van der Waals surface area contributed by atoms with Crippen molar-refractivity contribution in [2.24, 2.45) is 5.92 Å². The molecule has 1 unspecified atom stereocenters. The van der Waals surface area contributed by atoms with Crippen LogP contribution in [0.1, 0.15) is 12.7 Å². The van der Waals surface area contributed by atoms with Gasteiger partial charge in [0.1, 0.15) is 0 Å². The van der Waals surface area contributed by atoms with Crippen LogP contribution in [0.5, 0.6) is 0 Å². The maximum atomic E-state index is 12.1. The van der Waals surface area contributed by atoms with Gasteiger partial charge in [-0.1, -0.05) is 6.92 Å². The first-order chi connectivity index (χ1) is 6.93. The van der Waals surface area contributed by atoms with Crippen LogP contribution in [0.4, 0.5) is 18.3 Å². The topological polar surface area (TPSA) is 58.0 Å². The SMILES string of the molecule is CC(CO)CNc1nc(C(F)(F)F)ns1. The Morgan fingerprint density at radius 2 is 2.20 bits per heavy atom. The van der Waals surface area contributed by atoms with E-state index in [1.54, 1.807) is 6.92 Å². The molecule has 0 spiro atoms. The predicted octanol–water partition coefficient (Wildman–Crippen LogP) is 1.60. The molecule has 0 aliphatic rings. The maximum Gasteiger partial charge on any atom is 0.452 e. The second kappa shape index (κ2) is 4.75. The third-order valence-electron chi connectivity index (χ3n) is 1.59. The summed E-state index contributed by atoms with van der Waals surface area (Å²) in [5.74, 6) is -1.17. The fourth-order valence-corrected chi connectivity index (χ4v) is 1.33. The molecule has 2 N–H and O–H groups in total. The van der Waals surface area contributed by atoms with Crippen molar-refractivity contribution in [1.82, 2.24) is 9.36 Å². The molecule has 1 aromatic rings. The van der Waals surface area contributed by atoms with E-state index in [1.165, 1.54) is 0 Å². The minimum atomic E-state index is -4.50. The standard InChI is InChI=1S/C7H10F3N3OS/c1-4(3-14)2-11-6-12-5(13-15-6)7(8,9)10/h4,14H,2-3H2,1H3,(H,11,12,13). The lowest BCUT2D eigenvalue weighted by Gasteiger charge is -2.07. The summed E-state index contributed by atoms with van der Waals surface area (Å²) >= 11 is 0.655. The molecular formula is C7H10F3N3OS. The number of aromatic nitrogens is 2. The molecule has 1 heterocycles. The minimum Gasteiger partial charge on any atom is -0.396 e. The van der Waals surface area contributed by atoms with Gasteiger partial charge >= 0.3 is 6.18 Å². The Morgan fingerprint density at radius 1 is 1.53 bits per heavy atom. The number of halogens is 3. The van der Waals surface area contributed by atoms with Crippen LogP contribution in [0.2, 0.25) is 0 Å². The monoisotopic (exact) mass is 241 g/mol. The smallest absolute Gasteiger partial charge is 0.396 e. The van der Waals surface area contributed by atoms with Gasteiger partial charge in [0.2, 0.25) is 11.0 Å². The Kier molecular flexibility index (Phi) is 3.86. The van der Waals surface area contributed by atoms with E-state index < -0.39 is 12.0 Å². The first-order valence-electron chi connectivity index (χ1n) is 4.19. The number of nitrogens with zero attached hydrogens (tertiary/aromatic N) is 2. The minimum absolute atomic E-state index is 0.0298. The summed E-state index contributed by atoms with van der Waals surface area (Å²) in [4.78, 5) is 3.28. The van der Waals surface area contributed by atoms with E-state index in [-0.39, 0.29) is 17.7 Å². The van der Waals surface area contributed by atoms with E-state index in [4.69, 9.17) is 5.11 Å². The summed E-state index contributed by atoms with van der Waals surface area (Å²) in [5.41, 5.74) is 0. The highest BCUT2D eigenvalue weighted by atomic mass is 32.1. The van der Waals surface area contributed by atoms with E-state index in [0.717, 1.165) is 0 Å². The lowest BCUT2D eigenvalue weighted by molar-refractivity contribution is -0.144. The van der Waals surface area contributed by atoms with E-state index >= 15 is 0 Å². The second-order valence-electron chi connectivity index (χ2n) is 3.09. The lowest BCUT2D eigenvalue weighted by Crippen LogP contribution is -2.14. The third-order valence-corrected chi connectivity index (χ3v) is 2.27.